The van der Waals surface area contributed by atoms with Crippen molar-refractivity contribution < 1.29 is 9.59 Å². The largest absolute Gasteiger partial charge is 0.340 e. The molecular formula is C22H28N4O2S. The number of carbonyl (C=O) groups is 2. The van der Waals surface area contributed by atoms with Crippen LogP contribution in [0.5, 0.6) is 0 Å². The van der Waals surface area contributed by atoms with Crippen LogP contribution in [-0.2, 0) is 22.6 Å². The molecule has 1 N–H and O–H groups in total. The molecule has 29 heavy (non-hydrogen) atoms. The highest BCUT2D eigenvalue weighted by molar-refractivity contribution is 7.13. The lowest BCUT2D eigenvalue weighted by molar-refractivity contribution is -0.132. The van der Waals surface area contributed by atoms with Crippen molar-refractivity contribution in [2.75, 3.05) is 31.5 Å². The van der Waals surface area contributed by atoms with E-state index in [2.05, 4.69) is 39.5 Å². The van der Waals surface area contributed by atoms with E-state index in [-0.39, 0.29) is 17.7 Å². The molecule has 0 atom stereocenters. The summed E-state index contributed by atoms with van der Waals surface area (Å²) in [6, 6.07) is 10.4. The van der Waals surface area contributed by atoms with Crippen LogP contribution >= 0.6 is 11.3 Å². The van der Waals surface area contributed by atoms with Gasteiger partial charge in [-0.1, -0.05) is 43.2 Å². The molecule has 1 aliphatic heterocycles. The molecule has 0 spiro atoms. The van der Waals surface area contributed by atoms with Gasteiger partial charge in [-0.3, -0.25) is 14.5 Å². The number of rotatable bonds is 6. The van der Waals surface area contributed by atoms with Crippen molar-refractivity contribution in [1.29, 1.82) is 0 Å². The number of benzene rings is 1. The zero-order valence-electron chi connectivity index (χ0n) is 16.7. The van der Waals surface area contributed by atoms with Gasteiger partial charge in [-0.25, -0.2) is 4.98 Å². The summed E-state index contributed by atoms with van der Waals surface area (Å²) in [6.07, 6.45) is 4.51. The van der Waals surface area contributed by atoms with E-state index in [4.69, 9.17) is 0 Å². The first kappa shape index (κ1) is 20.0. The maximum Gasteiger partial charge on any atom is 0.229 e. The smallest absolute Gasteiger partial charge is 0.229 e. The number of piperazine rings is 1. The molecule has 2 aliphatic rings. The van der Waals surface area contributed by atoms with Crippen molar-refractivity contribution >= 4 is 28.3 Å². The Balaban J connectivity index is 1.23. The predicted octanol–water partition coefficient (Wildman–Crippen LogP) is 3.16. The molecule has 1 saturated carbocycles. The standard InChI is InChI=1S/C22H28N4O2S/c27-20(26-12-10-25(11-13-26)15-17-6-2-1-3-7-17)14-19-16-29-22(23-19)24-21(28)18-8-4-5-9-18/h1-3,6-7,16,18H,4-5,8-15H2,(H,23,24,28). The molecule has 0 bridgehead atoms. The van der Waals surface area contributed by atoms with E-state index >= 15 is 0 Å². The Morgan fingerprint density at radius 2 is 1.79 bits per heavy atom. The summed E-state index contributed by atoms with van der Waals surface area (Å²) in [5.41, 5.74) is 2.05. The fraction of sp³-hybridized carbons (Fsp3) is 0.500. The molecule has 154 valence electrons. The third-order valence-electron chi connectivity index (χ3n) is 5.81. The SMILES string of the molecule is O=C(Nc1nc(CC(=O)N2CCN(Cc3ccccc3)CC2)cs1)C1CCCC1. The fourth-order valence-electron chi connectivity index (χ4n) is 4.10. The summed E-state index contributed by atoms with van der Waals surface area (Å²) in [4.78, 5) is 33.7. The van der Waals surface area contributed by atoms with Crippen molar-refractivity contribution in [3.05, 3.63) is 47.0 Å². The van der Waals surface area contributed by atoms with Crippen LogP contribution in [0.4, 0.5) is 5.13 Å². The quantitative estimate of drug-likeness (QED) is 0.792. The van der Waals surface area contributed by atoms with Crippen molar-refractivity contribution in [2.24, 2.45) is 5.92 Å². The highest BCUT2D eigenvalue weighted by Gasteiger charge is 2.24. The van der Waals surface area contributed by atoms with Crippen LogP contribution in [0.1, 0.15) is 36.9 Å². The molecule has 2 aromatic rings. The van der Waals surface area contributed by atoms with E-state index in [1.807, 2.05) is 16.3 Å². The highest BCUT2D eigenvalue weighted by atomic mass is 32.1. The monoisotopic (exact) mass is 412 g/mol. The molecule has 1 aromatic carbocycles. The maximum absolute atomic E-state index is 12.7. The summed E-state index contributed by atoms with van der Waals surface area (Å²) in [6.45, 7) is 4.21. The van der Waals surface area contributed by atoms with Gasteiger partial charge in [0.05, 0.1) is 12.1 Å². The zero-order valence-corrected chi connectivity index (χ0v) is 17.5. The number of hydrogen-bond donors (Lipinski definition) is 1. The Kier molecular flexibility index (Phi) is 6.56. The second-order valence-corrected chi connectivity index (χ2v) is 8.79. The van der Waals surface area contributed by atoms with Crippen LogP contribution in [0.15, 0.2) is 35.7 Å². The van der Waals surface area contributed by atoms with Gasteiger partial charge in [-0.05, 0) is 18.4 Å². The first-order chi connectivity index (χ1) is 14.2. The summed E-state index contributed by atoms with van der Waals surface area (Å²) < 4.78 is 0. The molecular weight excluding hydrogens is 384 g/mol. The number of nitrogens with one attached hydrogen (secondary N) is 1. The van der Waals surface area contributed by atoms with E-state index in [1.54, 1.807) is 0 Å². The third kappa shape index (κ3) is 5.42. The van der Waals surface area contributed by atoms with Gasteiger partial charge in [0.2, 0.25) is 11.8 Å². The van der Waals surface area contributed by atoms with E-state index in [0.29, 0.717) is 11.6 Å². The Bertz CT molecular complexity index is 824. The first-order valence-corrected chi connectivity index (χ1v) is 11.3. The van der Waals surface area contributed by atoms with Crippen molar-refractivity contribution in [3.8, 4) is 0 Å². The van der Waals surface area contributed by atoms with Gasteiger partial charge in [-0.15, -0.1) is 11.3 Å². The Morgan fingerprint density at radius 1 is 1.07 bits per heavy atom. The van der Waals surface area contributed by atoms with Crippen molar-refractivity contribution in [1.82, 2.24) is 14.8 Å². The number of nitrogens with zero attached hydrogens (tertiary/aromatic N) is 3. The molecule has 1 aromatic heterocycles. The van der Waals surface area contributed by atoms with Crippen LogP contribution in [-0.4, -0.2) is 52.8 Å². The molecule has 4 rings (SSSR count). The number of hydrogen-bond acceptors (Lipinski definition) is 5. The predicted molar refractivity (Wildman–Crippen MR) is 115 cm³/mol. The normalized spacial score (nSPS) is 18.1. The summed E-state index contributed by atoms with van der Waals surface area (Å²) in [7, 11) is 0. The number of carbonyl (C=O) groups excluding carboxylic acids is 2. The maximum atomic E-state index is 12.7. The number of aromatic nitrogens is 1. The number of thiazole rings is 1. The van der Waals surface area contributed by atoms with Gasteiger partial charge in [0.15, 0.2) is 5.13 Å². The molecule has 0 unspecified atom stereocenters. The van der Waals surface area contributed by atoms with Crippen molar-refractivity contribution in [3.63, 3.8) is 0 Å². The first-order valence-electron chi connectivity index (χ1n) is 10.5. The molecule has 2 heterocycles. The third-order valence-corrected chi connectivity index (χ3v) is 6.62. The molecule has 1 saturated heterocycles. The topological polar surface area (TPSA) is 65.5 Å². The summed E-state index contributed by atoms with van der Waals surface area (Å²) in [5.74, 6) is 0.309. The zero-order chi connectivity index (χ0) is 20.1. The van der Waals surface area contributed by atoms with Crippen LogP contribution in [0, 0.1) is 5.92 Å². The Labute approximate surface area is 175 Å². The van der Waals surface area contributed by atoms with Crippen LogP contribution in [0.3, 0.4) is 0 Å². The minimum atomic E-state index is 0.0734. The molecule has 1 aliphatic carbocycles. The molecule has 0 radical (unpaired) electrons. The lowest BCUT2D eigenvalue weighted by Gasteiger charge is -2.34. The second kappa shape index (κ2) is 9.50. The van der Waals surface area contributed by atoms with E-state index in [0.717, 1.165) is 64.1 Å². The minimum absolute atomic E-state index is 0.0734. The lowest BCUT2D eigenvalue weighted by Crippen LogP contribution is -2.48. The minimum Gasteiger partial charge on any atom is -0.340 e. The van der Waals surface area contributed by atoms with Gasteiger partial charge >= 0.3 is 0 Å². The summed E-state index contributed by atoms with van der Waals surface area (Å²) in [5, 5.41) is 5.41. The molecule has 2 fully saturated rings. The summed E-state index contributed by atoms with van der Waals surface area (Å²) >= 11 is 1.40. The Morgan fingerprint density at radius 3 is 2.52 bits per heavy atom. The van der Waals surface area contributed by atoms with Gasteiger partial charge < -0.3 is 10.2 Å². The fourth-order valence-corrected chi connectivity index (χ4v) is 4.82. The van der Waals surface area contributed by atoms with E-state index in [9.17, 15) is 9.59 Å². The van der Waals surface area contributed by atoms with Crippen LogP contribution < -0.4 is 5.32 Å². The van der Waals surface area contributed by atoms with Gasteiger partial charge in [0.1, 0.15) is 0 Å². The molecule has 7 heteroatoms. The lowest BCUT2D eigenvalue weighted by atomic mass is 10.1. The van der Waals surface area contributed by atoms with E-state index < -0.39 is 0 Å². The highest BCUT2D eigenvalue weighted by Crippen LogP contribution is 2.26. The van der Waals surface area contributed by atoms with Crippen LogP contribution in [0.2, 0.25) is 0 Å². The number of anilines is 1. The van der Waals surface area contributed by atoms with Gasteiger partial charge in [0, 0.05) is 44.0 Å². The molecule has 6 nitrogen and oxygen atoms in total. The number of amides is 2. The van der Waals surface area contributed by atoms with Gasteiger partial charge in [-0.2, -0.15) is 0 Å². The average Bonchev–Trinajstić information content (AvgIpc) is 3.42. The van der Waals surface area contributed by atoms with E-state index in [1.165, 1.54) is 16.9 Å². The van der Waals surface area contributed by atoms with Crippen LogP contribution in [0.25, 0.3) is 0 Å². The molecule has 2 amide bonds. The second-order valence-electron chi connectivity index (χ2n) is 7.93. The van der Waals surface area contributed by atoms with Gasteiger partial charge in [0.25, 0.3) is 0 Å². The Hall–Kier alpha value is -2.25. The van der Waals surface area contributed by atoms with Crippen molar-refractivity contribution in [2.45, 2.75) is 38.6 Å². The average molecular weight is 413 g/mol.